The van der Waals surface area contributed by atoms with Crippen molar-refractivity contribution in [2.24, 2.45) is 5.41 Å². The van der Waals surface area contributed by atoms with Crippen LogP contribution in [0.25, 0.3) is 0 Å². The third-order valence-corrected chi connectivity index (χ3v) is 3.56. The number of nitrogen functional groups attached to an aromatic ring is 1. The van der Waals surface area contributed by atoms with Crippen molar-refractivity contribution in [1.82, 2.24) is 4.98 Å². The number of nitrogens with zero attached hydrogens (tertiary/aromatic N) is 2. The quantitative estimate of drug-likeness (QED) is 0.730. The zero-order valence-corrected chi connectivity index (χ0v) is 8.24. The first-order valence-electron chi connectivity index (χ1n) is 5.24. The summed E-state index contributed by atoms with van der Waals surface area (Å²) in [6.07, 6.45) is 7.73. The lowest BCUT2D eigenvalue weighted by Gasteiger charge is -2.19. The smallest absolute Gasteiger partial charge is 0.0738 e. The Bertz CT molecular complexity index is 357. The van der Waals surface area contributed by atoms with Crippen LogP contribution in [0.5, 0.6) is 0 Å². The van der Waals surface area contributed by atoms with E-state index in [4.69, 9.17) is 5.73 Å². The fourth-order valence-electron chi connectivity index (χ4n) is 2.41. The zero-order valence-electron chi connectivity index (χ0n) is 8.24. The summed E-state index contributed by atoms with van der Waals surface area (Å²) < 4.78 is 0. The zero-order chi connectivity index (χ0) is 9.60. The third-order valence-electron chi connectivity index (χ3n) is 3.56. The van der Waals surface area contributed by atoms with Crippen LogP contribution in [-0.4, -0.2) is 18.1 Å². The van der Waals surface area contributed by atoms with Crippen molar-refractivity contribution in [3.05, 3.63) is 18.5 Å². The van der Waals surface area contributed by atoms with E-state index in [-0.39, 0.29) is 0 Å². The average molecular weight is 189 g/mol. The molecule has 2 fully saturated rings. The van der Waals surface area contributed by atoms with Crippen molar-refractivity contribution in [3.8, 4) is 0 Å². The fourth-order valence-corrected chi connectivity index (χ4v) is 2.41. The molecule has 1 saturated heterocycles. The second kappa shape index (κ2) is 2.62. The summed E-state index contributed by atoms with van der Waals surface area (Å²) in [6, 6.07) is 2.02. The molecule has 2 heterocycles. The number of pyridine rings is 1. The first kappa shape index (κ1) is 8.09. The van der Waals surface area contributed by atoms with Gasteiger partial charge in [0.1, 0.15) is 0 Å². The number of hydrogen-bond donors (Lipinski definition) is 1. The van der Waals surface area contributed by atoms with Crippen LogP contribution in [0.1, 0.15) is 19.3 Å². The molecule has 1 aliphatic carbocycles. The molecule has 1 spiro atoms. The van der Waals surface area contributed by atoms with Crippen molar-refractivity contribution in [2.75, 3.05) is 23.7 Å². The Balaban J connectivity index is 1.86. The molecule has 3 nitrogen and oxygen atoms in total. The van der Waals surface area contributed by atoms with Gasteiger partial charge in [-0.25, -0.2) is 0 Å². The van der Waals surface area contributed by atoms with Crippen LogP contribution in [-0.2, 0) is 0 Å². The normalized spacial score (nSPS) is 23.0. The van der Waals surface area contributed by atoms with E-state index in [1.807, 2.05) is 12.3 Å². The Hall–Kier alpha value is -1.25. The van der Waals surface area contributed by atoms with Gasteiger partial charge in [0.25, 0.3) is 0 Å². The summed E-state index contributed by atoms with van der Waals surface area (Å²) in [5, 5.41) is 0. The lowest BCUT2D eigenvalue weighted by Crippen LogP contribution is -2.21. The van der Waals surface area contributed by atoms with E-state index >= 15 is 0 Å². The van der Waals surface area contributed by atoms with Crippen LogP contribution in [0.2, 0.25) is 0 Å². The summed E-state index contributed by atoms with van der Waals surface area (Å²) in [4.78, 5) is 6.42. The molecule has 0 amide bonds. The molecule has 2 aliphatic rings. The molecule has 0 bridgehead atoms. The monoisotopic (exact) mass is 189 g/mol. The first-order valence-corrected chi connectivity index (χ1v) is 5.24. The van der Waals surface area contributed by atoms with E-state index in [9.17, 15) is 0 Å². The van der Waals surface area contributed by atoms with Gasteiger partial charge in [0, 0.05) is 19.3 Å². The molecule has 1 saturated carbocycles. The van der Waals surface area contributed by atoms with Gasteiger partial charge in [-0.1, -0.05) is 0 Å². The highest BCUT2D eigenvalue weighted by molar-refractivity contribution is 5.66. The maximum absolute atomic E-state index is 5.91. The molecular weight excluding hydrogens is 174 g/mol. The van der Waals surface area contributed by atoms with Crippen molar-refractivity contribution in [3.63, 3.8) is 0 Å². The van der Waals surface area contributed by atoms with Gasteiger partial charge < -0.3 is 10.6 Å². The second-order valence-electron chi connectivity index (χ2n) is 4.61. The maximum Gasteiger partial charge on any atom is 0.0738 e. The minimum atomic E-state index is 0.662. The van der Waals surface area contributed by atoms with E-state index in [1.165, 1.54) is 31.5 Å². The number of rotatable bonds is 1. The first-order chi connectivity index (χ1) is 6.79. The summed E-state index contributed by atoms with van der Waals surface area (Å²) in [7, 11) is 0. The number of hydrogen-bond acceptors (Lipinski definition) is 3. The lowest BCUT2D eigenvalue weighted by atomic mass is 10.1. The Morgan fingerprint density at radius 1 is 1.36 bits per heavy atom. The molecule has 0 atom stereocenters. The van der Waals surface area contributed by atoms with Crippen LogP contribution in [0.3, 0.4) is 0 Å². The standard InChI is InChI=1S/C11H15N3/c12-9-7-13-5-1-10(9)14-6-4-11(8-14)2-3-11/h1,5,7H,2-4,6,8,12H2. The summed E-state index contributed by atoms with van der Waals surface area (Å²) in [5.74, 6) is 0. The molecule has 14 heavy (non-hydrogen) atoms. The Morgan fingerprint density at radius 3 is 2.86 bits per heavy atom. The van der Waals surface area contributed by atoms with Crippen molar-refractivity contribution in [1.29, 1.82) is 0 Å². The van der Waals surface area contributed by atoms with Crippen LogP contribution >= 0.6 is 0 Å². The van der Waals surface area contributed by atoms with E-state index in [0.29, 0.717) is 5.41 Å². The summed E-state index contributed by atoms with van der Waals surface area (Å²) in [6.45, 7) is 2.36. The van der Waals surface area contributed by atoms with E-state index < -0.39 is 0 Å². The van der Waals surface area contributed by atoms with E-state index in [2.05, 4.69) is 9.88 Å². The van der Waals surface area contributed by atoms with Crippen LogP contribution in [0.4, 0.5) is 11.4 Å². The average Bonchev–Trinajstić information content (AvgIpc) is 2.79. The number of aromatic nitrogens is 1. The van der Waals surface area contributed by atoms with Gasteiger partial charge in [-0.15, -0.1) is 0 Å². The van der Waals surface area contributed by atoms with Gasteiger partial charge in [-0.05, 0) is 30.7 Å². The molecule has 3 heteroatoms. The molecule has 0 unspecified atom stereocenters. The predicted octanol–water partition coefficient (Wildman–Crippen LogP) is 1.65. The molecule has 1 aromatic heterocycles. The molecule has 0 radical (unpaired) electrons. The molecule has 1 aromatic rings. The van der Waals surface area contributed by atoms with Gasteiger partial charge in [0.2, 0.25) is 0 Å². The molecule has 3 rings (SSSR count). The highest BCUT2D eigenvalue weighted by Gasteiger charge is 2.47. The third kappa shape index (κ3) is 1.15. The minimum Gasteiger partial charge on any atom is -0.396 e. The highest BCUT2D eigenvalue weighted by Crippen LogP contribution is 2.53. The van der Waals surface area contributed by atoms with Crippen LogP contribution in [0, 0.1) is 5.41 Å². The largest absolute Gasteiger partial charge is 0.396 e. The summed E-state index contributed by atoms with van der Waals surface area (Å²) >= 11 is 0. The lowest BCUT2D eigenvalue weighted by molar-refractivity contribution is 0.581. The predicted molar refractivity (Wildman–Crippen MR) is 57.1 cm³/mol. The molecular formula is C11H15N3. The van der Waals surface area contributed by atoms with E-state index in [1.54, 1.807) is 6.20 Å². The Kier molecular flexibility index (Phi) is 1.52. The van der Waals surface area contributed by atoms with Crippen LogP contribution in [0.15, 0.2) is 18.5 Å². The van der Waals surface area contributed by atoms with Gasteiger partial charge in [-0.2, -0.15) is 0 Å². The van der Waals surface area contributed by atoms with E-state index in [0.717, 1.165) is 12.2 Å². The molecule has 2 N–H and O–H groups in total. The maximum atomic E-state index is 5.91. The number of anilines is 2. The van der Waals surface area contributed by atoms with Gasteiger partial charge in [0.05, 0.1) is 17.6 Å². The van der Waals surface area contributed by atoms with Crippen molar-refractivity contribution < 1.29 is 0 Å². The second-order valence-corrected chi connectivity index (χ2v) is 4.61. The molecule has 74 valence electrons. The molecule has 1 aliphatic heterocycles. The Labute approximate surface area is 83.9 Å². The topological polar surface area (TPSA) is 42.1 Å². The van der Waals surface area contributed by atoms with Crippen molar-refractivity contribution in [2.45, 2.75) is 19.3 Å². The van der Waals surface area contributed by atoms with Crippen LogP contribution < -0.4 is 10.6 Å². The fraction of sp³-hybridized carbons (Fsp3) is 0.545. The minimum absolute atomic E-state index is 0.662. The van der Waals surface area contributed by atoms with Gasteiger partial charge >= 0.3 is 0 Å². The van der Waals surface area contributed by atoms with Crippen molar-refractivity contribution >= 4 is 11.4 Å². The Morgan fingerprint density at radius 2 is 2.21 bits per heavy atom. The highest BCUT2D eigenvalue weighted by atomic mass is 15.2. The number of nitrogens with two attached hydrogens (primary N) is 1. The summed E-state index contributed by atoms with van der Waals surface area (Å²) in [5.41, 5.74) is 8.55. The SMILES string of the molecule is Nc1cnccc1N1CCC2(CC2)C1. The van der Waals surface area contributed by atoms with Gasteiger partial charge in [-0.3, -0.25) is 4.98 Å². The van der Waals surface area contributed by atoms with Gasteiger partial charge in [0.15, 0.2) is 0 Å². The molecule has 0 aromatic carbocycles.